The molecule has 1 aromatic carbocycles. The molecule has 0 fully saturated rings. The highest BCUT2D eigenvalue weighted by Gasteiger charge is 2.07. The maximum Gasteiger partial charge on any atom is 0.160 e. The van der Waals surface area contributed by atoms with Gasteiger partial charge in [0.15, 0.2) is 5.78 Å². The molecule has 0 atom stereocenters. The molecule has 0 spiro atoms. The molecule has 1 heterocycles. The molecule has 2 heteroatoms. The topological polar surface area (TPSA) is 30.0 Å². The van der Waals surface area contributed by atoms with E-state index in [2.05, 4.69) is 18.1 Å². The van der Waals surface area contributed by atoms with Crippen molar-refractivity contribution in [2.45, 2.75) is 6.92 Å². The first-order valence-corrected chi connectivity index (χ1v) is 6.02. The van der Waals surface area contributed by atoms with Crippen molar-refractivity contribution in [3.05, 3.63) is 65.2 Å². The number of carbonyl (C=O) groups is 1. The van der Waals surface area contributed by atoms with Gasteiger partial charge in [-0.05, 0) is 13.0 Å². The highest BCUT2D eigenvalue weighted by atomic mass is 16.1. The van der Waals surface area contributed by atoms with E-state index in [0.29, 0.717) is 10.9 Å². The molecule has 2 aromatic rings. The number of nitrogens with zero attached hydrogens (tertiary/aromatic N) is 1. The summed E-state index contributed by atoms with van der Waals surface area (Å²) in [5.41, 5.74) is 2.36. The largest absolute Gasteiger partial charge is 0.294 e. The molecule has 2 rings (SSSR count). The van der Waals surface area contributed by atoms with Crippen LogP contribution >= 0.6 is 0 Å². The zero-order valence-electron chi connectivity index (χ0n) is 10.9. The van der Waals surface area contributed by atoms with Crippen LogP contribution in [0.2, 0.25) is 0 Å². The standard InChI is InChI=1S/C17H15NO/c1-4-8-15-12(2)18-17(11-16(15)13(3)19)14-9-6-5-7-10-14/h4-11H,1-2H2,3H3/b15-8+. The fraction of sp³-hybridized carbons (Fsp3) is 0.0588. The van der Waals surface area contributed by atoms with Crippen molar-refractivity contribution in [3.63, 3.8) is 0 Å². The van der Waals surface area contributed by atoms with E-state index in [1.165, 1.54) is 0 Å². The summed E-state index contributed by atoms with van der Waals surface area (Å²) >= 11 is 0. The highest BCUT2D eigenvalue weighted by molar-refractivity contribution is 5.95. The van der Waals surface area contributed by atoms with E-state index in [1.54, 1.807) is 19.1 Å². The molecule has 94 valence electrons. The molecule has 0 unspecified atom stereocenters. The van der Waals surface area contributed by atoms with Gasteiger partial charge in [-0.1, -0.05) is 55.6 Å². The summed E-state index contributed by atoms with van der Waals surface area (Å²) in [7, 11) is 0. The van der Waals surface area contributed by atoms with Gasteiger partial charge in [-0.25, -0.2) is 4.98 Å². The van der Waals surface area contributed by atoms with Crippen LogP contribution in [0.3, 0.4) is 0 Å². The Labute approximate surface area is 112 Å². The van der Waals surface area contributed by atoms with E-state index in [-0.39, 0.29) is 5.78 Å². The number of allylic oxidation sites excluding steroid dienone is 1. The minimum Gasteiger partial charge on any atom is -0.294 e. The van der Waals surface area contributed by atoms with Crippen LogP contribution in [0.1, 0.15) is 17.3 Å². The molecular weight excluding hydrogens is 234 g/mol. The molecule has 0 saturated heterocycles. The number of aromatic nitrogens is 1. The Hall–Kier alpha value is -2.48. The fourth-order valence-corrected chi connectivity index (χ4v) is 1.96. The molecule has 0 saturated carbocycles. The van der Waals surface area contributed by atoms with Crippen LogP contribution in [0.25, 0.3) is 23.9 Å². The van der Waals surface area contributed by atoms with Gasteiger partial charge >= 0.3 is 0 Å². The first kappa shape index (κ1) is 13.0. The van der Waals surface area contributed by atoms with Crippen LogP contribution in [-0.2, 0) is 0 Å². The van der Waals surface area contributed by atoms with E-state index >= 15 is 0 Å². The summed E-state index contributed by atoms with van der Waals surface area (Å²) in [6, 6.07) is 11.6. The third kappa shape index (κ3) is 2.68. The molecule has 0 radical (unpaired) electrons. The van der Waals surface area contributed by atoms with Crippen molar-refractivity contribution in [2.24, 2.45) is 0 Å². The molecule has 0 bridgehead atoms. The number of carbonyl (C=O) groups excluding carboxylic acids is 1. The summed E-state index contributed by atoms with van der Waals surface area (Å²) < 4.78 is 0. The average molecular weight is 249 g/mol. The van der Waals surface area contributed by atoms with Gasteiger partial charge in [0.05, 0.1) is 11.0 Å². The molecule has 0 aliphatic carbocycles. The number of hydrogen-bond donors (Lipinski definition) is 0. The lowest BCUT2D eigenvalue weighted by molar-refractivity contribution is 0.101. The van der Waals surface area contributed by atoms with Gasteiger partial charge in [-0.3, -0.25) is 4.79 Å². The molecule has 0 aliphatic rings. The van der Waals surface area contributed by atoms with Crippen LogP contribution in [0.15, 0.2) is 49.1 Å². The fourth-order valence-electron chi connectivity index (χ4n) is 1.96. The molecule has 0 aliphatic heterocycles. The number of pyridine rings is 1. The van der Waals surface area contributed by atoms with E-state index in [4.69, 9.17) is 0 Å². The molecular formula is C17H15NO. The maximum atomic E-state index is 11.8. The van der Waals surface area contributed by atoms with Gasteiger partial charge in [-0.2, -0.15) is 0 Å². The first-order chi connectivity index (χ1) is 9.13. The minimum absolute atomic E-state index is 0.00224. The molecule has 0 amide bonds. The van der Waals surface area contributed by atoms with Crippen molar-refractivity contribution >= 4 is 18.4 Å². The van der Waals surface area contributed by atoms with E-state index in [1.807, 2.05) is 36.4 Å². The Morgan fingerprint density at radius 2 is 1.95 bits per heavy atom. The summed E-state index contributed by atoms with van der Waals surface area (Å²) in [5.74, 6) is -0.00224. The summed E-state index contributed by atoms with van der Waals surface area (Å²) in [5, 5.41) is 1.33. The SMILES string of the molecule is C=C/C=c1/c(C(C)=O)cc(-c2ccccc2)nc1=C. The van der Waals surface area contributed by atoms with Gasteiger partial charge in [-0.15, -0.1) is 0 Å². The van der Waals surface area contributed by atoms with Crippen molar-refractivity contribution in [3.8, 4) is 11.3 Å². The summed E-state index contributed by atoms with van der Waals surface area (Å²) in [6.45, 7) is 9.13. The number of hydrogen-bond acceptors (Lipinski definition) is 2. The molecule has 19 heavy (non-hydrogen) atoms. The Balaban J connectivity index is 2.76. The first-order valence-electron chi connectivity index (χ1n) is 6.02. The normalized spacial score (nSPS) is 11.3. The smallest absolute Gasteiger partial charge is 0.160 e. The van der Waals surface area contributed by atoms with Crippen LogP contribution < -0.4 is 10.6 Å². The number of benzene rings is 1. The third-order valence-corrected chi connectivity index (χ3v) is 2.87. The number of Topliss-reactive ketones (excluding diaryl/α,β-unsaturated/α-hetero) is 1. The zero-order valence-corrected chi connectivity index (χ0v) is 10.9. The van der Waals surface area contributed by atoms with Crippen molar-refractivity contribution < 1.29 is 4.79 Å². The lowest BCUT2D eigenvalue weighted by Crippen LogP contribution is -2.32. The van der Waals surface area contributed by atoms with E-state index < -0.39 is 0 Å². The van der Waals surface area contributed by atoms with Crippen LogP contribution in [0.5, 0.6) is 0 Å². The van der Waals surface area contributed by atoms with Crippen LogP contribution in [-0.4, -0.2) is 10.8 Å². The Kier molecular flexibility index (Phi) is 3.71. The van der Waals surface area contributed by atoms with Crippen molar-refractivity contribution in [1.29, 1.82) is 0 Å². The van der Waals surface area contributed by atoms with Gasteiger partial charge in [0.2, 0.25) is 0 Å². The van der Waals surface area contributed by atoms with Gasteiger partial charge < -0.3 is 0 Å². The zero-order chi connectivity index (χ0) is 13.8. The summed E-state index contributed by atoms with van der Waals surface area (Å²) in [4.78, 5) is 16.2. The monoisotopic (exact) mass is 249 g/mol. The Morgan fingerprint density at radius 1 is 1.26 bits per heavy atom. The number of ketones is 1. The Morgan fingerprint density at radius 3 is 2.53 bits per heavy atom. The number of rotatable bonds is 3. The average Bonchev–Trinajstić information content (AvgIpc) is 2.41. The third-order valence-electron chi connectivity index (χ3n) is 2.87. The second-order valence-corrected chi connectivity index (χ2v) is 4.24. The second kappa shape index (κ2) is 5.44. The minimum atomic E-state index is -0.00224. The van der Waals surface area contributed by atoms with E-state index in [9.17, 15) is 4.79 Å². The lowest BCUT2D eigenvalue weighted by atomic mass is 10.0. The predicted molar refractivity (Wildman–Crippen MR) is 79.1 cm³/mol. The highest BCUT2D eigenvalue weighted by Crippen LogP contribution is 2.14. The summed E-state index contributed by atoms with van der Waals surface area (Å²) in [6.07, 6.45) is 3.40. The van der Waals surface area contributed by atoms with Gasteiger partial charge in [0.1, 0.15) is 0 Å². The van der Waals surface area contributed by atoms with Crippen LogP contribution in [0.4, 0.5) is 0 Å². The molecule has 0 N–H and O–H groups in total. The van der Waals surface area contributed by atoms with Crippen LogP contribution in [0, 0.1) is 0 Å². The van der Waals surface area contributed by atoms with Gasteiger partial charge in [0.25, 0.3) is 0 Å². The van der Waals surface area contributed by atoms with Crippen molar-refractivity contribution in [2.75, 3.05) is 0 Å². The lowest BCUT2D eigenvalue weighted by Gasteiger charge is -2.04. The maximum absolute atomic E-state index is 11.8. The Bertz CT molecular complexity index is 730. The van der Waals surface area contributed by atoms with E-state index in [0.717, 1.165) is 16.5 Å². The molecule has 2 nitrogen and oxygen atoms in total. The quantitative estimate of drug-likeness (QED) is 0.781. The van der Waals surface area contributed by atoms with Crippen molar-refractivity contribution in [1.82, 2.24) is 4.98 Å². The second-order valence-electron chi connectivity index (χ2n) is 4.24. The predicted octanol–water partition coefficient (Wildman–Crippen LogP) is 2.33. The molecule has 1 aromatic heterocycles. The van der Waals surface area contributed by atoms with Gasteiger partial charge in [0, 0.05) is 16.3 Å².